The molecule has 0 unspecified atom stereocenters. The summed E-state index contributed by atoms with van der Waals surface area (Å²) in [5.74, 6) is -0.193. The molecule has 1 fully saturated rings. The topological polar surface area (TPSA) is 57.7 Å². The Labute approximate surface area is 177 Å². The van der Waals surface area contributed by atoms with Crippen LogP contribution in [0.25, 0.3) is 0 Å². The minimum Gasteiger partial charge on any atom is -0.339 e. The summed E-state index contributed by atoms with van der Waals surface area (Å²) in [5.41, 5.74) is 0. The van der Waals surface area contributed by atoms with Crippen LogP contribution in [0.5, 0.6) is 0 Å². The zero-order chi connectivity index (χ0) is 20.3. The lowest BCUT2D eigenvalue weighted by Crippen LogP contribution is -2.50. The monoisotopic (exact) mass is 462 g/mol. The van der Waals surface area contributed by atoms with Gasteiger partial charge in [-0.2, -0.15) is 4.31 Å². The summed E-state index contributed by atoms with van der Waals surface area (Å²) in [6.45, 7) is 1.03. The van der Waals surface area contributed by atoms with Crippen LogP contribution in [0.15, 0.2) is 52.3 Å². The largest absolute Gasteiger partial charge is 0.339 e. The van der Waals surface area contributed by atoms with Gasteiger partial charge >= 0.3 is 0 Å². The third-order valence-electron chi connectivity index (χ3n) is 4.30. The number of hydrogen-bond acceptors (Lipinski definition) is 4. The standard InChI is InChI=1S/C18H17Cl2FN2O3S2/c19-16-6-5-15(11-17(16)20)28(25,26)23-9-7-22(8-10-23)18(24)12-27-14-3-1-13(21)2-4-14/h1-6,11H,7-10,12H2. The third kappa shape index (κ3) is 4.99. The highest BCUT2D eigenvalue weighted by Gasteiger charge is 2.30. The predicted octanol–water partition coefficient (Wildman–Crippen LogP) is 3.76. The van der Waals surface area contributed by atoms with Gasteiger partial charge in [-0.05, 0) is 42.5 Å². The van der Waals surface area contributed by atoms with Gasteiger partial charge in [-0.25, -0.2) is 12.8 Å². The van der Waals surface area contributed by atoms with Gasteiger partial charge in [0.2, 0.25) is 15.9 Å². The van der Waals surface area contributed by atoms with E-state index in [1.165, 1.54) is 46.4 Å². The van der Waals surface area contributed by atoms with E-state index in [4.69, 9.17) is 23.2 Å². The van der Waals surface area contributed by atoms with Gasteiger partial charge in [0.1, 0.15) is 5.82 Å². The molecule has 0 spiro atoms. The molecule has 1 aliphatic rings. The second kappa shape index (κ2) is 9.00. The summed E-state index contributed by atoms with van der Waals surface area (Å²) in [6, 6.07) is 10.1. The van der Waals surface area contributed by atoms with Crippen LogP contribution in [0.2, 0.25) is 10.0 Å². The van der Waals surface area contributed by atoms with Crippen LogP contribution >= 0.6 is 35.0 Å². The minimum absolute atomic E-state index is 0.0774. The lowest BCUT2D eigenvalue weighted by molar-refractivity contribution is -0.129. The van der Waals surface area contributed by atoms with Gasteiger partial charge in [0.25, 0.3) is 0 Å². The highest BCUT2D eigenvalue weighted by atomic mass is 35.5. The fourth-order valence-corrected chi connectivity index (χ4v) is 5.34. The number of amides is 1. The Morgan fingerprint density at radius 2 is 1.64 bits per heavy atom. The van der Waals surface area contributed by atoms with E-state index in [1.807, 2.05) is 0 Å². The molecule has 1 amide bonds. The summed E-state index contributed by atoms with van der Waals surface area (Å²) in [7, 11) is -3.70. The smallest absolute Gasteiger partial charge is 0.243 e. The van der Waals surface area contributed by atoms with E-state index in [0.29, 0.717) is 13.1 Å². The maximum absolute atomic E-state index is 12.9. The molecule has 0 bridgehead atoms. The van der Waals surface area contributed by atoms with E-state index in [0.717, 1.165) is 4.90 Å². The van der Waals surface area contributed by atoms with E-state index in [1.54, 1.807) is 17.0 Å². The van der Waals surface area contributed by atoms with E-state index in [-0.39, 0.29) is 45.5 Å². The second-order valence-electron chi connectivity index (χ2n) is 6.10. The molecule has 150 valence electrons. The number of carbonyl (C=O) groups excluding carboxylic acids is 1. The minimum atomic E-state index is -3.70. The van der Waals surface area contributed by atoms with Crippen molar-refractivity contribution in [2.75, 3.05) is 31.9 Å². The van der Waals surface area contributed by atoms with Crippen molar-refractivity contribution in [2.45, 2.75) is 9.79 Å². The quantitative estimate of drug-likeness (QED) is 0.634. The number of thioether (sulfide) groups is 1. The van der Waals surface area contributed by atoms with Gasteiger partial charge in [-0.1, -0.05) is 23.2 Å². The highest BCUT2D eigenvalue weighted by molar-refractivity contribution is 8.00. The highest BCUT2D eigenvalue weighted by Crippen LogP contribution is 2.27. The third-order valence-corrected chi connectivity index (χ3v) is 7.93. The van der Waals surface area contributed by atoms with Gasteiger partial charge in [0.05, 0.1) is 20.7 Å². The van der Waals surface area contributed by atoms with E-state index >= 15 is 0 Å². The molecule has 0 atom stereocenters. The zero-order valence-corrected chi connectivity index (χ0v) is 17.8. The number of halogens is 3. The van der Waals surface area contributed by atoms with E-state index in [2.05, 4.69) is 0 Å². The number of hydrogen-bond donors (Lipinski definition) is 0. The van der Waals surface area contributed by atoms with Crippen molar-refractivity contribution >= 4 is 50.9 Å². The molecular weight excluding hydrogens is 446 g/mol. The van der Waals surface area contributed by atoms with Crippen molar-refractivity contribution in [1.82, 2.24) is 9.21 Å². The molecule has 0 aliphatic carbocycles. The summed E-state index contributed by atoms with van der Waals surface area (Å²) < 4.78 is 39.8. The molecule has 28 heavy (non-hydrogen) atoms. The zero-order valence-electron chi connectivity index (χ0n) is 14.6. The van der Waals surface area contributed by atoms with Gasteiger partial charge in [0, 0.05) is 31.1 Å². The number of nitrogens with zero attached hydrogens (tertiary/aromatic N) is 2. The molecule has 0 aromatic heterocycles. The molecule has 0 N–H and O–H groups in total. The van der Waals surface area contributed by atoms with Crippen LogP contribution in [-0.4, -0.2) is 55.5 Å². The molecular formula is C18H17Cl2FN2O3S2. The molecule has 10 heteroatoms. The Bertz CT molecular complexity index is 963. The summed E-state index contributed by atoms with van der Waals surface area (Å²) in [6.07, 6.45) is 0. The Morgan fingerprint density at radius 1 is 1.00 bits per heavy atom. The second-order valence-corrected chi connectivity index (χ2v) is 9.90. The molecule has 1 aliphatic heterocycles. The Balaban J connectivity index is 1.56. The van der Waals surface area contributed by atoms with Crippen LogP contribution in [0.1, 0.15) is 0 Å². The van der Waals surface area contributed by atoms with Crippen molar-refractivity contribution in [2.24, 2.45) is 0 Å². The van der Waals surface area contributed by atoms with Gasteiger partial charge in [-0.15, -0.1) is 11.8 Å². The fraction of sp³-hybridized carbons (Fsp3) is 0.278. The molecule has 1 heterocycles. The van der Waals surface area contributed by atoms with Crippen LogP contribution in [-0.2, 0) is 14.8 Å². The molecule has 2 aromatic rings. The van der Waals surface area contributed by atoms with Crippen molar-refractivity contribution < 1.29 is 17.6 Å². The van der Waals surface area contributed by atoms with Crippen molar-refractivity contribution in [1.29, 1.82) is 0 Å². The number of benzene rings is 2. The predicted molar refractivity (Wildman–Crippen MR) is 109 cm³/mol. The average Bonchev–Trinajstić information content (AvgIpc) is 2.69. The van der Waals surface area contributed by atoms with Crippen molar-refractivity contribution in [3.63, 3.8) is 0 Å². The first-order chi connectivity index (χ1) is 13.3. The number of rotatable bonds is 5. The first kappa shape index (κ1) is 21.4. The Morgan fingerprint density at radius 3 is 2.25 bits per heavy atom. The van der Waals surface area contributed by atoms with Crippen LogP contribution < -0.4 is 0 Å². The van der Waals surface area contributed by atoms with Gasteiger partial charge in [-0.3, -0.25) is 4.79 Å². The molecule has 3 rings (SSSR count). The first-order valence-electron chi connectivity index (χ1n) is 8.39. The molecule has 1 saturated heterocycles. The maximum atomic E-state index is 12.9. The number of sulfonamides is 1. The van der Waals surface area contributed by atoms with Gasteiger partial charge in [0.15, 0.2) is 0 Å². The fourth-order valence-electron chi connectivity index (χ4n) is 2.73. The maximum Gasteiger partial charge on any atom is 0.243 e. The normalized spacial score (nSPS) is 15.6. The van der Waals surface area contributed by atoms with Crippen LogP contribution in [0, 0.1) is 5.82 Å². The molecule has 2 aromatic carbocycles. The van der Waals surface area contributed by atoms with E-state index in [9.17, 15) is 17.6 Å². The Hall–Kier alpha value is -1.32. The average molecular weight is 463 g/mol. The lowest BCUT2D eigenvalue weighted by atomic mass is 10.3. The molecule has 0 saturated carbocycles. The van der Waals surface area contributed by atoms with Crippen LogP contribution in [0.3, 0.4) is 0 Å². The summed E-state index contributed by atoms with van der Waals surface area (Å²) in [4.78, 5) is 14.9. The first-order valence-corrected chi connectivity index (χ1v) is 11.6. The lowest BCUT2D eigenvalue weighted by Gasteiger charge is -2.34. The SMILES string of the molecule is O=C(CSc1ccc(F)cc1)N1CCN(S(=O)(=O)c2ccc(Cl)c(Cl)c2)CC1. The van der Waals surface area contributed by atoms with Crippen LogP contribution in [0.4, 0.5) is 4.39 Å². The van der Waals surface area contributed by atoms with E-state index < -0.39 is 10.0 Å². The van der Waals surface area contributed by atoms with Crippen molar-refractivity contribution in [3.05, 3.63) is 58.3 Å². The molecule has 0 radical (unpaired) electrons. The summed E-state index contributed by atoms with van der Waals surface area (Å²) >= 11 is 13.1. The van der Waals surface area contributed by atoms with Crippen molar-refractivity contribution in [3.8, 4) is 0 Å². The number of carbonyl (C=O) groups is 1. The summed E-state index contributed by atoms with van der Waals surface area (Å²) in [5, 5.41) is 0.462. The Kier molecular flexibility index (Phi) is 6.88. The van der Waals surface area contributed by atoms with Gasteiger partial charge < -0.3 is 4.90 Å². The number of piperazine rings is 1. The molecule has 5 nitrogen and oxygen atoms in total.